The molecule has 1 saturated carbocycles. The molecule has 2 N–H and O–H groups in total. The number of primary amides is 1. The number of hydrogen-bond acceptors (Lipinski definition) is 1. The predicted octanol–water partition coefficient (Wildman–Crippen LogP) is 3.01. The second-order valence-electron chi connectivity index (χ2n) is 4.19. The minimum atomic E-state index is -0.306. The van der Waals surface area contributed by atoms with E-state index in [0.717, 1.165) is 29.6 Å². The Morgan fingerprint density at radius 1 is 1.44 bits per heavy atom. The summed E-state index contributed by atoms with van der Waals surface area (Å²) in [4.78, 5) is 11.4. The van der Waals surface area contributed by atoms with Crippen LogP contribution in [0.2, 0.25) is 5.02 Å². The SMILES string of the molecule is C/C(=C(/C(N)=O)C1CC1)c1cccc(Cl)c1. The predicted molar refractivity (Wildman–Crippen MR) is 66.0 cm³/mol. The molecule has 1 amide bonds. The van der Waals surface area contributed by atoms with Gasteiger partial charge in [-0.1, -0.05) is 23.7 Å². The molecule has 2 nitrogen and oxygen atoms in total. The summed E-state index contributed by atoms with van der Waals surface area (Å²) in [6.07, 6.45) is 2.13. The summed E-state index contributed by atoms with van der Waals surface area (Å²) in [5.41, 5.74) is 8.13. The zero-order valence-corrected chi connectivity index (χ0v) is 9.92. The lowest BCUT2D eigenvalue weighted by atomic mass is 9.98. The van der Waals surface area contributed by atoms with Gasteiger partial charge in [0.25, 0.3) is 0 Å². The lowest BCUT2D eigenvalue weighted by Gasteiger charge is -2.08. The first-order valence-electron chi connectivity index (χ1n) is 5.36. The van der Waals surface area contributed by atoms with E-state index < -0.39 is 0 Å². The number of hydrogen-bond donors (Lipinski definition) is 1. The van der Waals surface area contributed by atoms with Gasteiger partial charge < -0.3 is 5.73 Å². The third kappa shape index (κ3) is 2.27. The molecule has 0 saturated heterocycles. The molecule has 0 heterocycles. The summed E-state index contributed by atoms with van der Waals surface area (Å²) in [5.74, 6) is 0.0523. The fraction of sp³-hybridized carbons (Fsp3) is 0.308. The van der Waals surface area contributed by atoms with Gasteiger partial charge in [-0.2, -0.15) is 0 Å². The summed E-state index contributed by atoms with van der Waals surface area (Å²) in [6.45, 7) is 1.93. The van der Waals surface area contributed by atoms with Gasteiger partial charge in [-0.25, -0.2) is 0 Å². The molecule has 0 aromatic heterocycles. The van der Waals surface area contributed by atoms with Crippen LogP contribution in [0.1, 0.15) is 25.3 Å². The lowest BCUT2D eigenvalue weighted by Crippen LogP contribution is -2.16. The average Bonchev–Trinajstić information content (AvgIpc) is 3.01. The number of nitrogens with two attached hydrogens (primary N) is 1. The van der Waals surface area contributed by atoms with E-state index in [4.69, 9.17) is 17.3 Å². The highest BCUT2D eigenvalue weighted by Gasteiger charge is 2.31. The van der Waals surface area contributed by atoms with E-state index in [2.05, 4.69) is 0 Å². The molecule has 1 fully saturated rings. The van der Waals surface area contributed by atoms with Crippen LogP contribution in [-0.4, -0.2) is 5.91 Å². The third-order valence-corrected chi connectivity index (χ3v) is 3.15. The van der Waals surface area contributed by atoms with E-state index >= 15 is 0 Å². The first kappa shape index (κ1) is 11.2. The fourth-order valence-electron chi connectivity index (χ4n) is 1.94. The number of rotatable bonds is 3. The number of carbonyl (C=O) groups is 1. The largest absolute Gasteiger partial charge is 0.366 e. The molecule has 0 radical (unpaired) electrons. The van der Waals surface area contributed by atoms with E-state index in [1.807, 2.05) is 31.2 Å². The second-order valence-corrected chi connectivity index (χ2v) is 4.62. The molecule has 0 spiro atoms. The molecule has 0 aliphatic heterocycles. The molecule has 16 heavy (non-hydrogen) atoms. The van der Waals surface area contributed by atoms with Crippen molar-refractivity contribution in [3.05, 3.63) is 40.4 Å². The minimum Gasteiger partial charge on any atom is -0.366 e. The van der Waals surface area contributed by atoms with E-state index in [1.54, 1.807) is 0 Å². The Hall–Kier alpha value is -1.28. The third-order valence-electron chi connectivity index (χ3n) is 2.91. The van der Waals surface area contributed by atoms with Crippen molar-refractivity contribution in [2.75, 3.05) is 0 Å². The number of halogens is 1. The van der Waals surface area contributed by atoms with Gasteiger partial charge in [-0.15, -0.1) is 0 Å². The monoisotopic (exact) mass is 235 g/mol. The van der Waals surface area contributed by atoms with Crippen molar-refractivity contribution < 1.29 is 4.79 Å². The second kappa shape index (κ2) is 4.30. The van der Waals surface area contributed by atoms with E-state index in [1.165, 1.54) is 0 Å². The normalized spacial score (nSPS) is 16.9. The Bertz CT molecular complexity index is 461. The molecule has 84 valence electrons. The van der Waals surface area contributed by atoms with Crippen LogP contribution in [0.4, 0.5) is 0 Å². The van der Waals surface area contributed by atoms with Crippen molar-refractivity contribution in [1.29, 1.82) is 0 Å². The quantitative estimate of drug-likeness (QED) is 0.805. The first-order valence-corrected chi connectivity index (χ1v) is 5.74. The van der Waals surface area contributed by atoms with Gasteiger partial charge in [0.05, 0.1) is 0 Å². The molecular weight excluding hydrogens is 222 g/mol. The Balaban J connectivity index is 2.44. The van der Waals surface area contributed by atoms with Gasteiger partial charge >= 0.3 is 0 Å². The molecule has 1 aromatic carbocycles. The van der Waals surface area contributed by atoms with Crippen molar-refractivity contribution in [2.24, 2.45) is 11.7 Å². The molecule has 1 aliphatic rings. The molecule has 0 atom stereocenters. The zero-order valence-electron chi connectivity index (χ0n) is 9.16. The molecule has 0 bridgehead atoms. The topological polar surface area (TPSA) is 43.1 Å². The van der Waals surface area contributed by atoms with Gasteiger partial charge in [0.2, 0.25) is 5.91 Å². The van der Waals surface area contributed by atoms with Crippen molar-refractivity contribution in [1.82, 2.24) is 0 Å². The van der Waals surface area contributed by atoms with E-state index in [0.29, 0.717) is 10.9 Å². The molecule has 3 heteroatoms. The maximum atomic E-state index is 11.4. The van der Waals surface area contributed by atoms with Crippen LogP contribution in [-0.2, 0) is 4.79 Å². The van der Waals surface area contributed by atoms with Crippen LogP contribution < -0.4 is 5.73 Å². The van der Waals surface area contributed by atoms with Gasteiger partial charge in [0.1, 0.15) is 0 Å². The Kier molecular flexibility index (Phi) is 3.01. The van der Waals surface area contributed by atoms with Crippen molar-refractivity contribution in [2.45, 2.75) is 19.8 Å². The average molecular weight is 236 g/mol. The Labute approximate surface area is 100 Å². The summed E-state index contributed by atoms with van der Waals surface area (Å²) >= 11 is 5.93. The maximum Gasteiger partial charge on any atom is 0.245 e. The van der Waals surface area contributed by atoms with Crippen LogP contribution in [0.5, 0.6) is 0 Å². The molecular formula is C13H14ClNO. The van der Waals surface area contributed by atoms with Crippen LogP contribution in [0, 0.1) is 5.92 Å². The van der Waals surface area contributed by atoms with Gasteiger partial charge in [-0.3, -0.25) is 4.79 Å². The lowest BCUT2D eigenvalue weighted by molar-refractivity contribution is -0.114. The van der Waals surface area contributed by atoms with Crippen molar-refractivity contribution in [3.63, 3.8) is 0 Å². The smallest absolute Gasteiger partial charge is 0.245 e. The molecule has 0 unspecified atom stereocenters. The highest BCUT2D eigenvalue weighted by atomic mass is 35.5. The molecule has 1 aromatic rings. The van der Waals surface area contributed by atoms with Gasteiger partial charge in [0, 0.05) is 10.6 Å². The number of carbonyl (C=O) groups excluding carboxylic acids is 1. The highest BCUT2D eigenvalue weighted by Crippen LogP contribution is 2.40. The maximum absolute atomic E-state index is 11.4. The molecule has 2 rings (SSSR count). The van der Waals surface area contributed by atoms with Crippen LogP contribution >= 0.6 is 11.6 Å². The number of amides is 1. The fourth-order valence-corrected chi connectivity index (χ4v) is 2.13. The van der Waals surface area contributed by atoms with Crippen molar-refractivity contribution >= 4 is 23.1 Å². The van der Waals surface area contributed by atoms with Crippen LogP contribution in [0.15, 0.2) is 29.8 Å². The summed E-state index contributed by atoms with van der Waals surface area (Å²) in [6, 6.07) is 7.51. The Morgan fingerprint density at radius 3 is 2.62 bits per heavy atom. The van der Waals surface area contributed by atoms with Crippen LogP contribution in [0.3, 0.4) is 0 Å². The van der Waals surface area contributed by atoms with Crippen LogP contribution in [0.25, 0.3) is 5.57 Å². The van der Waals surface area contributed by atoms with E-state index in [-0.39, 0.29) is 5.91 Å². The number of allylic oxidation sites excluding steroid dienone is 1. The minimum absolute atomic E-state index is 0.306. The first-order chi connectivity index (χ1) is 7.59. The van der Waals surface area contributed by atoms with Gasteiger partial charge in [-0.05, 0) is 49.0 Å². The highest BCUT2D eigenvalue weighted by molar-refractivity contribution is 6.30. The standard InChI is InChI=1S/C13H14ClNO/c1-8(10-3-2-4-11(14)7-10)12(13(15)16)9-5-6-9/h2-4,7,9H,5-6H2,1H3,(H2,15,16)/b12-8-. The Morgan fingerprint density at radius 2 is 2.12 bits per heavy atom. The zero-order chi connectivity index (χ0) is 11.7. The molecule has 1 aliphatic carbocycles. The summed E-state index contributed by atoms with van der Waals surface area (Å²) in [7, 11) is 0. The summed E-state index contributed by atoms with van der Waals surface area (Å²) < 4.78 is 0. The van der Waals surface area contributed by atoms with E-state index in [9.17, 15) is 4.79 Å². The van der Waals surface area contributed by atoms with Crippen molar-refractivity contribution in [3.8, 4) is 0 Å². The number of benzene rings is 1. The summed E-state index contributed by atoms with van der Waals surface area (Å²) in [5, 5.41) is 0.677. The van der Waals surface area contributed by atoms with Gasteiger partial charge in [0.15, 0.2) is 0 Å².